The summed E-state index contributed by atoms with van der Waals surface area (Å²) in [4.78, 5) is 39.6. The standard InChI is InChI=1S/C23H31N3O4/c24-23(29)20-7-3-6-16-26(20)21(27)17-30-22(28)13-10-18-8-11-19(12-9-18)25-14-4-1-2-5-15-25/h8-13,20H,1-7,14-17H2,(H2,24,29)/b13-10+/t20-/m1/s1. The molecule has 2 saturated heterocycles. The molecule has 2 aliphatic heterocycles. The van der Waals surface area contributed by atoms with Gasteiger partial charge in [0.1, 0.15) is 6.04 Å². The summed E-state index contributed by atoms with van der Waals surface area (Å²) in [5.41, 5.74) is 7.47. The minimum absolute atomic E-state index is 0.387. The average molecular weight is 414 g/mol. The second-order valence-electron chi connectivity index (χ2n) is 7.93. The summed E-state index contributed by atoms with van der Waals surface area (Å²) in [6, 6.07) is 7.48. The van der Waals surface area contributed by atoms with Crippen molar-refractivity contribution in [2.75, 3.05) is 31.1 Å². The van der Waals surface area contributed by atoms with Crippen LogP contribution in [0, 0.1) is 0 Å². The molecule has 7 heteroatoms. The van der Waals surface area contributed by atoms with Crippen molar-refractivity contribution in [2.24, 2.45) is 5.73 Å². The highest BCUT2D eigenvalue weighted by Gasteiger charge is 2.30. The van der Waals surface area contributed by atoms with Crippen LogP contribution in [0.15, 0.2) is 30.3 Å². The van der Waals surface area contributed by atoms with E-state index in [0.717, 1.165) is 31.5 Å². The van der Waals surface area contributed by atoms with Gasteiger partial charge in [0.25, 0.3) is 5.91 Å². The first-order chi connectivity index (χ1) is 14.5. The Balaban J connectivity index is 1.48. The number of esters is 1. The molecule has 2 N–H and O–H groups in total. The quantitative estimate of drug-likeness (QED) is 0.571. The number of likely N-dealkylation sites (tertiary alicyclic amines) is 1. The van der Waals surface area contributed by atoms with Gasteiger partial charge >= 0.3 is 5.97 Å². The molecule has 7 nitrogen and oxygen atoms in total. The monoisotopic (exact) mass is 413 g/mol. The third-order valence-corrected chi connectivity index (χ3v) is 5.77. The van der Waals surface area contributed by atoms with Crippen LogP contribution >= 0.6 is 0 Å². The van der Waals surface area contributed by atoms with Gasteiger partial charge in [-0.15, -0.1) is 0 Å². The smallest absolute Gasteiger partial charge is 0.331 e. The highest BCUT2D eigenvalue weighted by molar-refractivity contribution is 5.91. The summed E-state index contributed by atoms with van der Waals surface area (Å²) >= 11 is 0. The number of nitrogens with two attached hydrogens (primary N) is 1. The lowest BCUT2D eigenvalue weighted by atomic mass is 10.0. The van der Waals surface area contributed by atoms with Crippen LogP contribution in [0.4, 0.5) is 5.69 Å². The van der Waals surface area contributed by atoms with Gasteiger partial charge in [-0.25, -0.2) is 4.79 Å². The van der Waals surface area contributed by atoms with Gasteiger partial charge in [0.15, 0.2) is 6.61 Å². The van der Waals surface area contributed by atoms with E-state index in [1.54, 1.807) is 6.08 Å². The summed E-state index contributed by atoms with van der Waals surface area (Å²) in [5.74, 6) is -1.49. The van der Waals surface area contributed by atoms with Crippen molar-refractivity contribution in [3.05, 3.63) is 35.9 Å². The van der Waals surface area contributed by atoms with Crippen molar-refractivity contribution in [3.8, 4) is 0 Å². The second-order valence-corrected chi connectivity index (χ2v) is 7.93. The molecule has 2 heterocycles. The number of benzene rings is 1. The third-order valence-electron chi connectivity index (χ3n) is 5.77. The number of ether oxygens (including phenoxy) is 1. The third kappa shape index (κ3) is 6.08. The van der Waals surface area contributed by atoms with Crippen molar-refractivity contribution in [2.45, 2.75) is 51.0 Å². The van der Waals surface area contributed by atoms with Gasteiger partial charge in [0.05, 0.1) is 0 Å². The van der Waals surface area contributed by atoms with Crippen LogP contribution in [0.1, 0.15) is 50.5 Å². The Kier molecular flexibility index (Phi) is 7.88. The van der Waals surface area contributed by atoms with E-state index in [1.165, 1.54) is 42.3 Å². The van der Waals surface area contributed by atoms with E-state index in [1.807, 2.05) is 12.1 Å². The maximum Gasteiger partial charge on any atom is 0.331 e. The molecule has 1 atom stereocenters. The van der Waals surface area contributed by atoms with Crippen molar-refractivity contribution < 1.29 is 19.1 Å². The fourth-order valence-electron chi connectivity index (χ4n) is 4.08. The first-order valence-electron chi connectivity index (χ1n) is 10.8. The van der Waals surface area contributed by atoms with Gasteiger partial charge in [-0.05, 0) is 55.9 Å². The van der Waals surface area contributed by atoms with Crippen LogP contribution in [-0.4, -0.2) is 55.0 Å². The molecule has 0 aliphatic carbocycles. The molecule has 0 radical (unpaired) electrons. The first kappa shape index (κ1) is 21.9. The molecule has 2 fully saturated rings. The Labute approximate surface area is 177 Å². The summed E-state index contributed by atoms with van der Waals surface area (Å²) in [5, 5.41) is 0. The Morgan fingerprint density at radius 2 is 1.63 bits per heavy atom. The lowest BCUT2D eigenvalue weighted by Crippen LogP contribution is -2.51. The highest BCUT2D eigenvalue weighted by Crippen LogP contribution is 2.20. The minimum atomic E-state index is -0.608. The molecule has 1 aromatic rings. The topological polar surface area (TPSA) is 92.9 Å². The van der Waals surface area contributed by atoms with Crippen LogP contribution in [-0.2, 0) is 19.1 Å². The number of hydrogen-bond acceptors (Lipinski definition) is 5. The maximum absolute atomic E-state index is 12.3. The number of carbonyl (C=O) groups is 3. The molecule has 3 rings (SSSR count). The first-order valence-corrected chi connectivity index (χ1v) is 10.8. The summed E-state index contributed by atoms with van der Waals surface area (Å²) < 4.78 is 5.06. The van der Waals surface area contributed by atoms with E-state index in [-0.39, 0.29) is 12.5 Å². The molecular formula is C23H31N3O4. The Morgan fingerprint density at radius 3 is 2.30 bits per heavy atom. The number of nitrogens with zero attached hydrogens (tertiary/aromatic N) is 2. The van der Waals surface area contributed by atoms with Crippen molar-refractivity contribution >= 4 is 29.5 Å². The van der Waals surface area contributed by atoms with Crippen molar-refractivity contribution in [3.63, 3.8) is 0 Å². The summed E-state index contributed by atoms with van der Waals surface area (Å²) in [6.07, 6.45) is 10.3. The van der Waals surface area contributed by atoms with Gasteiger partial charge in [-0.1, -0.05) is 25.0 Å². The van der Waals surface area contributed by atoms with Gasteiger partial charge in [-0.2, -0.15) is 0 Å². The number of carbonyl (C=O) groups excluding carboxylic acids is 3. The number of hydrogen-bond donors (Lipinski definition) is 1. The number of piperidine rings is 1. The zero-order chi connectivity index (χ0) is 21.3. The fourth-order valence-corrected chi connectivity index (χ4v) is 4.08. The molecule has 2 aliphatic rings. The molecule has 2 amide bonds. The van der Waals surface area contributed by atoms with Gasteiger partial charge in [0, 0.05) is 31.4 Å². The number of rotatable bonds is 6. The van der Waals surface area contributed by atoms with E-state index >= 15 is 0 Å². The van der Waals surface area contributed by atoms with Crippen LogP contribution in [0.25, 0.3) is 6.08 Å². The van der Waals surface area contributed by atoms with Crippen LogP contribution in [0.5, 0.6) is 0 Å². The van der Waals surface area contributed by atoms with Crippen LogP contribution in [0.3, 0.4) is 0 Å². The van der Waals surface area contributed by atoms with Crippen molar-refractivity contribution in [1.29, 1.82) is 0 Å². The molecule has 30 heavy (non-hydrogen) atoms. The van der Waals surface area contributed by atoms with Gasteiger partial charge < -0.3 is 20.3 Å². The highest BCUT2D eigenvalue weighted by atomic mass is 16.5. The SMILES string of the molecule is NC(=O)[C@H]1CCCCN1C(=O)COC(=O)/C=C/c1ccc(N2CCCCCC2)cc1. The molecule has 0 saturated carbocycles. The molecule has 0 aromatic heterocycles. The van der Waals surface area contributed by atoms with Crippen LogP contribution in [0.2, 0.25) is 0 Å². The average Bonchev–Trinajstić information content (AvgIpc) is 3.06. The number of anilines is 1. The molecule has 0 spiro atoms. The van der Waals surface area contributed by atoms with Crippen molar-refractivity contribution in [1.82, 2.24) is 4.90 Å². The van der Waals surface area contributed by atoms with Gasteiger partial charge in [0.2, 0.25) is 5.91 Å². The van der Waals surface area contributed by atoms with E-state index in [4.69, 9.17) is 10.5 Å². The largest absolute Gasteiger partial charge is 0.452 e. The van der Waals surface area contributed by atoms with Crippen LogP contribution < -0.4 is 10.6 Å². The predicted octanol–water partition coefficient (Wildman–Crippen LogP) is 2.49. The molecule has 1 aromatic carbocycles. The van der Waals surface area contributed by atoms with E-state index in [9.17, 15) is 14.4 Å². The summed E-state index contributed by atoms with van der Waals surface area (Å²) in [6.45, 7) is 2.25. The lowest BCUT2D eigenvalue weighted by molar-refractivity contribution is -0.151. The molecule has 162 valence electrons. The minimum Gasteiger partial charge on any atom is -0.452 e. The Morgan fingerprint density at radius 1 is 0.967 bits per heavy atom. The van der Waals surface area contributed by atoms with E-state index in [2.05, 4.69) is 17.0 Å². The predicted molar refractivity (Wildman–Crippen MR) is 116 cm³/mol. The summed E-state index contributed by atoms with van der Waals surface area (Å²) in [7, 11) is 0. The molecule has 0 bridgehead atoms. The second kappa shape index (κ2) is 10.8. The normalized spacial score (nSPS) is 20.1. The Bertz CT molecular complexity index is 767. The number of amides is 2. The zero-order valence-corrected chi connectivity index (χ0v) is 17.4. The number of primary amides is 1. The lowest BCUT2D eigenvalue weighted by Gasteiger charge is -2.33. The van der Waals surface area contributed by atoms with E-state index in [0.29, 0.717) is 13.0 Å². The van der Waals surface area contributed by atoms with E-state index < -0.39 is 17.9 Å². The fraction of sp³-hybridized carbons (Fsp3) is 0.522. The molecule has 0 unspecified atom stereocenters. The molecular weight excluding hydrogens is 382 g/mol. The zero-order valence-electron chi connectivity index (χ0n) is 17.4. The maximum atomic E-state index is 12.3. The Hall–Kier alpha value is -2.83. The van der Waals surface area contributed by atoms with Gasteiger partial charge in [-0.3, -0.25) is 9.59 Å².